The number of carbonyl (C=O) groups is 1. The lowest BCUT2D eigenvalue weighted by atomic mass is 9.81. The molecule has 0 amide bonds. The zero-order valence-electron chi connectivity index (χ0n) is 15.4. The third-order valence-electron chi connectivity index (χ3n) is 4.76. The number of aliphatic hydroxyl groups is 2. The Balaban J connectivity index is 2.11. The van der Waals surface area contributed by atoms with Crippen LogP contribution >= 0.6 is 0 Å². The maximum absolute atomic E-state index is 12.2. The highest BCUT2D eigenvalue weighted by atomic mass is 16.3. The Morgan fingerprint density at radius 2 is 1.88 bits per heavy atom. The molecule has 1 aromatic heterocycles. The second-order valence-electron chi connectivity index (χ2n) is 6.78. The van der Waals surface area contributed by atoms with Gasteiger partial charge >= 0.3 is 0 Å². The molecule has 7 nitrogen and oxygen atoms in total. The summed E-state index contributed by atoms with van der Waals surface area (Å²) in [6.07, 6.45) is 2.95. The molecule has 2 aromatic rings. The summed E-state index contributed by atoms with van der Waals surface area (Å²) in [5, 5.41) is 32.7. The highest BCUT2D eigenvalue weighted by Gasteiger charge is 2.29. The number of H-pyrrole nitrogens is 1. The van der Waals surface area contributed by atoms with Crippen molar-refractivity contribution in [1.29, 1.82) is 0 Å². The zero-order chi connectivity index (χ0) is 18.9. The molecule has 0 radical (unpaired) electrons. The lowest BCUT2D eigenvalue weighted by Crippen LogP contribution is -2.23. The molecule has 0 bridgehead atoms. The number of aromatic amines is 1. The van der Waals surface area contributed by atoms with Gasteiger partial charge in [0, 0.05) is 11.8 Å². The minimum absolute atomic E-state index is 0.103. The molecule has 1 aromatic carbocycles. The summed E-state index contributed by atoms with van der Waals surface area (Å²) < 4.78 is 0. The van der Waals surface area contributed by atoms with E-state index in [-0.39, 0.29) is 24.2 Å². The van der Waals surface area contributed by atoms with Crippen molar-refractivity contribution < 1.29 is 15.0 Å². The molecular weight excluding hydrogens is 332 g/mol. The summed E-state index contributed by atoms with van der Waals surface area (Å²) >= 11 is 0. The fourth-order valence-electron chi connectivity index (χ4n) is 3.26. The van der Waals surface area contributed by atoms with E-state index in [1.54, 1.807) is 6.92 Å². The Hall–Kier alpha value is -2.12. The molecule has 1 heterocycles. The molecule has 0 spiro atoms. The highest BCUT2D eigenvalue weighted by Crippen LogP contribution is 2.30. The van der Waals surface area contributed by atoms with Gasteiger partial charge in [-0.05, 0) is 43.7 Å². The minimum atomic E-state index is -0.678. The minimum Gasteiger partial charge on any atom is -0.394 e. The van der Waals surface area contributed by atoms with Crippen LogP contribution in [0.2, 0.25) is 0 Å². The molecule has 0 aliphatic rings. The molecule has 7 heteroatoms. The first-order valence-electron chi connectivity index (χ1n) is 9.15. The standard InChI is InChI=1S/C19H28N4O3/c1-3-4-17(13(2)25)18(19-20-22-23-21-19)11-15-7-5-14(6-8-15)9-10-16(26)12-24/h5-8,16-18,24,26H,3-4,9-12H2,1-2H3,(H,20,21,22,23)/t16?,17-,18+/m1/s1. The molecule has 26 heavy (non-hydrogen) atoms. The molecule has 2 rings (SSSR count). The van der Waals surface area contributed by atoms with Crippen molar-refractivity contribution in [3.8, 4) is 0 Å². The predicted molar refractivity (Wildman–Crippen MR) is 97.6 cm³/mol. The van der Waals surface area contributed by atoms with E-state index in [4.69, 9.17) is 5.11 Å². The van der Waals surface area contributed by atoms with Crippen LogP contribution in [-0.4, -0.2) is 49.3 Å². The van der Waals surface area contributed by atoms with Gasteiger partial charge in [-0.25, -0.2) is 0 Å². The average molecular weight is 360 g/mol. The molecule has 0 saturated heterocycles. The van der Waals surface area contributed by atoms with E-state index in [2.05, 4.69) is 27.5 Å². The molecule has 142 valence electrons. The van der Waals surface area contributed by atoms with Gasteiger partial charge < -0.3 is 10.2 Å². The second-order valence-corrected chi connectivity index (χ2v) is 6.78. The normalized spacial score (nSPS) is 14.8. The molecule has 0 saturated carbocycles. The Morgan fingerprint density at radius 3 is 2.42 bits per heavy atom. The number of nitrogens with zero attached hydrogens (tertiary/aromatic N) is 3. The first-order chi connectivity index (χ1) is 12.5. The molecule has 0 aliphatic carbocycles. The van der Waals surface area contributed by atoms with Crippen LogP contribution in [0, 0.1) is 5.92 Å². The Bertz CT molecular complexity index is 658. The number of rotatable bonds is 11. The lowest BCUT2D eigenvalue weighted by Gasteiger charge is -2.22. The first kappa shape index (κ1) is 20.2. The van der Waals surface area contributed by atoms with Crippen molar-refractivity contribution >= 4 is 5.78 Å². The predicted octanol–water partition coefficient (Wildman–Crippen LogP) is 1.82. The van der Waals surface area contributed by atoms with Gasteiger partial charge in [-0.3, -0.25) is 4.79 Å². The van der Waals surface area contributed by atoms with E-state index in [0.717, 1.165) is 24.0 Å². The second kappa shape index (κ2) is 10.1. The van der Waals surface area contributed by atoms with Gasteiger partial charge in [0.15, 0.2) is 5.82 Å². The third kappa shape index (κ3) is 5.71. The van der Waals surface area contributed by atoms with Crippen LogP contribution in [0.15, 0.2) is 24.3 Å². The van der Waals surface area contributed by atoms with Crippen molar-refractivity contribution in [3.63, 3.8) is 0 Å². The number of aryl methyl sites for hydroxylation is 1. The van der Waals surface area contributed by atoms with Crippen LogP contribution in [0.5, 0.6) is 0 Å². The van der Waals surface area contributed by atoms with Gasteiger partial charge in [0.1, 0.15) is 5.78 Å². The van der Waals surface area contributed by atoms with Gasteiger partial charge in [-0.1, -0.05) is 42.8 Å². The van der Waals surface area contributed by atoms with Crippen LogP contribution in [0.4, 0.5) is 0 Å². The van der Waals surface area contributed by atoms with E-state index < -0.39 is 6.10 Å². The monoisotopic (exact) mass is 360 g/mol. The topological polar surface area (TPSA) is 112 Å². The maximum atomic E-state index is 12.2. The van der Waals surface area contributed by atoms with Crippen molar-refractivity contribution in [1.82, 2.24) is 20.6 Å². The van der Waals surface area contributed by atoms with Crippen LogP contribution in [0.1, 0.15) is 56.0 Å². The Labute approximate surface area is 153 Å². The fourth-order valence-corrected chi connectivity index (χ4v) is 3.26. The van der Waals surface area contributed by atoms with Crippen LogP contribution in [0.3, 0.4) is 0 Å². The van der Waals surface area contributed by atoms with E-state index >= 15 is 0 Å². The number of Topliss-reactive ketones (excluding diaryl/α,β-unsaturated/α-hetero) is 1. The number of nitrogens with one attached hydrogen (secondary N) is 1. The van der Waals surface area contributed by atoms with E-state index in [0.29, 0.717) is 25.1 Å². The maximum Gasteiger partial charge on any atom is 0.178 e. The van der Waals surface area contributed by atoms with Crippen molar-refractivity contribution in [2.24, 2.45) is 5.92 Å². The van der Waals surface area contributed by atoms with E-state index in [1.807, 2.05) is 24.3 Å². The number of aliphatic hydroxyl groups excluding tert-OH is 2. The van der Waals surface area contributed by atoms with Crippen LogP contribution in [0.25, 0.3) is 0 Å². The number of ketones is 1. The summed E-state index contributed by atoms with van der Waals surface area (Å²) in [4.78, 5) is 12.2. The van der Waals surface area contributed by atoms with Crippen molar-refractivity contribution in [2.75, 3.05) is 6.61 Å². The summed E-state index contributed by atoms with van der Waals surface area (Å²) in [6.45, 7) is 3.48. The van der Waals surface area contributed by atoms with Gasteiger partial charge in [0.2, 0.25) is 0 Å². The van der Waals surface area contributed by atoms with Crippen LogP contribution in [-0.2, 0) is 17.6 Å². The molecule has 1 unspecified atom stereocenters. The lowest BCUT2D eigenvalue weighted by molar-refractivity contribution is -0.121. The Kier molecular flexibility index (Phi) is 7.87. The van der Waals surface area contributed by atoms with E-state index in [1.165, 1.54) is 0 Å². The van der Waals surface area contributed by atoms with Gasteiger partial charge in [-0.15, -0.1) is 10.2 Å². The highest BCUT2D eigenvalue weighted by molar-refractivity contribution is 5.79. The third-order valence-corrected chi connectivity index (χ3v) is 4.76. The first-order valence-corrected chi connectivity index (χ1v) is 9.15. The van der Waals surface area contributed by atoms with Gasteiger partial charge in [0.25, 0.3) is 0 Å². The zero-order valence-corrected chi connectivity index (χ0v) is 15.4. The summed E-state index contributed by atoms with van der Waals surface area (Å²) in [7, 11) is 0. The molecular formula is C19H28N4O3. The van der Waals surface area contributed by atoms with Crippen molar-refractivity contribution in [2.45, 2.75) is 58.0 Å². The smallest absolute Gasteiger partial charge is 0.178 e. The van der Waals surface area contributed by atoms with Crippen LogP contribution < -0.4 is 0 Å². The molecule has 3 N–H and O–H groups in total. The number of aromatic nitrogens is 4. The van der Waals surface area contributed by atoms with Crippen molar-refractivity contribution in [3.05, 3.63) is 41.2 Å². The summed E-state index contributed by atoms with van der Waals surface area (Å²) in [5.41, 5.74) is 2.21. The molecule has 3 atom stereocenters. The van der Waals surface area contributed by atoms with Gasteiger partial charge in [-0.2, -0.15) is 5.21 Å². The SMILES string of the molecule is CCC[C@H](C(C)=O)[C@H](Cc1ccc(CCC(O)CO)cc1)c1nn[nH]n1. The largest absolute Gasteiger partial charge is 0.394 e. The molecule has 0 aliphatic heterocycles. The van der Waals surface area contributed by atoms with Gasteiger partial charge in [0.05, 0.1) is 12.7 Å². The fraction of sp³-hybridized carbons (Fsp3) is 0.579. The average Bonchev–Trinajstić information content (AvgIpc) is 3.17. The molecule has 0 fully saturated rings. The Morgan fingerprint density at radius 1 is 1.19 bits per heavy atom. The quantitative estimate of drug-likeness (QED) is 0.563. The van der Waals surface area contributed by atoms with E-state index in [9.17, 15) is 9.90 Å². The number of carbonyl (C=O) groups excluding carboxylic acids is 1. The number of benzene rings is 1. The number of hydrogen-bond acceptors (Lipinski definition) is 6. The summed E-state index contributed by atoms with van der Waals surface area (Å²) in [6, 6.07) is 8.12. The summed E-state index contributed by atoms with van der Waals surface area (Å²) in [5.74, 6) is 0.496. The number of hydrogen-bond donors (Lipinski definition) is 3. The number of tetrazole rings is 1.